The van der Waals surface area contributed by atoms with Crippen LogP contribution in [-0.4, -0.2) is 35.8 Å². The number of amides is 2. The summed E-state index contributed by atoms with van der Waals surface area (Å²) in [7, 11) is 0. The molecule has 5 nitrogen and oxygen atoms in total. The maximum Gasteiger partial charge on any atom is 0.287 e. The summed E-state index contributed by atoms with van der Waals surface area (Å²) < 4.78 is 19.6. The van der Waals surface area contributed by atoms with Crippen molar-refractivity contribution in [1.82, 2.24) is 10.2 Å². The molecule has 1 aromatic heterocycles. The molecule has 0 spiro atoms. The second-order valence-electron chi connectivity index (χ2n) is 5.74. The van der Waals surface area contributed by atoms with E-state index < -0.39 is 11.7 Å². The highest BCUT2D eigenvalue weighted by Gasteiger charge is 2.28. The normalized spacial score (nSPS) is 15.2. The molecule has 0 radical (unpaired) electrons. The van der Waals surface area contributed by atoms with E-state index in [9.17, 15) is 14.0 Å². The average molecular weight is 430 g/mol. The first-order valence-electron chi connectivity index (χ1n) is 7.75. The molecular weight excluding hydrogens is 415 g/mol. The lowest BCUT2D eigenvalue weighted by Gasteiger charge is -2.32. The molecule has 0 saturated carbocycles. The molecule has 1 aliphatic rings. The molecule has 0 unspecified atom stereocenters. The molecule has 1 saturated heterocycles. The van der Waals surface area contributed by atoms with Crippen molar-refractivity contribution in [2.75, 3.05) is 13.1 Å². The van der Waals surface area contributed by atoms with Gasteiger partial charge in [-0.05, 0) is 53.0 Å². The van der Waals surface area contributed by atoms with Crippen molar-refractivity contribution in [3.63, 3.8) is 0 Å². The fourth-order valence-corrected chi connectivity index (χ4v) is 3.33. The number of halogens is 3. The zero-order chi connectivity index (χ0) is 18.0. The molecule has 1 aliphatic heterocycles. The van der Waals surface area contributed by atoms with E-state index in [-0.39, 0.29) is 28.3 Å². The molecule has 0 bridgehead atoms. The van der Waals surface area contributed by atoms with E-state index in [1.54, 1.807) is 17.0 Å². The van der Waals surface area contributed by atoms with E-state index in [1.165, 1.54) is 18.2 Å². The standard InChI is InChI=1S/C17H15BrClFN2O3/c18-14-5-4-13(25-14)16(23)21-10-6-8-22(9-7-10)17(24)15-11(19)2-1-3-12(15)20/h1-5,10H,6-9H2,(H,21,23). The fraction of sp³-hybridized carbons (Fsp3) is 0.294. The van der Waals surface area contributed by atoms with Gasteiger partial charge in [0.05, 0.1) is 10.6 Å². The molecule has 0 atom stereocenters. The third kappa shape index (κ3) is 4.04. The molecule has 1 fully saturated rings. The van der Waals surface area contributed by atoms with Gasteiger partial charge in [0.25, 0.3) is 11.8 Å². The first-order valence-corrected chi connectivity index (χ1v) is 8.92. The molecule has 3 rings (SSSR count). The van der Waals surface area contributed by atoms with Gasteiger partial charge in [-0.25, -0.2) is 4.39 Å². The van der Waals surface area contributed by atoms with Crippen molar-refractivity contribution in [2.24, 2.45) is 0 Å². The molecule has 132 valence electrons. The minimum atomic E-state index is -0.628. The van der Waals surface area contributed by atoms with Crippen LogP contribution in [0.25, 0.3) is 0 Å². The minimum absolute atomic E-state index is 0.0727. The quantitative estimate of drug-likeness (QED) is 0.806. The molecular formula is C17H15BrClFN2O3. The molecule has 2 amide bonds. The fourth-order valence-electron chi connectivity index (χ4n) is 2.78. The lowest BCUT2D eigenvalue weighted by Crippen LogP contribution is -2.46. The minimum Gasteiger partial charge on any atom is -0.444 e. The Morgan fingerprint density at radius 1 is 1.24 bits per heavy atom. The number of piperidine rings is 1. The maximum atomic E-state index is 13.9. The highest BCUT2D eigenvalue weighted by molar-refractivity contribution is 9.10. The first kappa shape index (κ1) is 17.9. The SMILES string of the molecule is O=C(NC1CCN(C(=O)c2c(F)cccc2Cl)CC1)c1ccc(Br)o1. The topological polar surface area (TPSA) is 62.6 Å². The Bertz CT molecular complexity index is 783. The van der Waals surface area contributed by atoms with Gasteiger partial charge in [-0.2, -0.15) is 0 Å². The number of likely N-dealkylation sites (tertiary alicyclic amines) is 1. The number of carbonyl (C=O) groups is 2. The van der Waals surface area contributed by atoms with Gasteiger partial charge in [-0.3, -0.25) is 9.59 Å². The summed E-state index contributed by atoms with van der Waals surface area (Å²) in [5, 5.41) is 2.98. The van der Waals surface area contributed by atoms with Crippen LogP contribution < -0.4 is 5.32 Å². The molecule has 1 N–H and O–H groups in total. The van der Waals surface area contributed by atoms with Gasteiger partial charge in [0.15, 0.2) is 10.4 Å². The Morgan fingerprint density at radius 2 is 1.96 bits per heavy atom. The summed E-state index contributed by atoms with van der Waals surface area (Å²) in [6.45, 7) is 0.826. The van der Waals surface area contributed by atoms with Gasteiger partial charge in [-0.1, -0.05) is 17.7 Å². The van der Waals surface area contributed by atoms with Crippen molar-refractivity contribution < 1.29 is 18.4 Å². The van der Waals surface area contributed by atoms with E-state index in [2.05, 4.69) is 21.2 Å². The van der Waals surface area contributed by atoms with Gasteiger partial charge in [0.2, 0.25) is 0 Å². The second kappa shape index (κ2) is 7.58. The smallest absolute Gasteiger partial charge is 0.287 e. The van der Waals surface area contributed by atoms with Crippen LogP contribution in [-0.2, 0) is 0 Å². The highest BCUT2D eigenvalue weighted by Crippen LogP contribution is 2.23. The van der Waals surface area contributed by atoms with Gasteiger partial charge in [0, 0.05) is 19.1 Å². The molecule has 0 aliphatic carbocycles. The molecule has 2 aromatic rings. The molecule has 8 heteroatoms. The summed E-state index contributed by atoms with van der Waals surface area (Å²) >= 11 is 9.10. The van der Waals surface area contributed by atoms with Crippen LogP contribution in [0.2, 0.25) is 5.02 Å². The van der Waals surface area contributed by atoms with Crippen LogP contribution in [0, 0.1) is 5.82 Å². The molecule has 2 heterocycles. The number of nitrogens with zero attached hydrogens (tertiary/aromatic N) is 1. The van der Waals surface area contributed by atoms with E-state index in [1.807, 2.05) is 0 Å². The van der Waals surface area contributed by atoms with Gasteiger partial charge in [0.1, 0.15) is 5.82 Å². The van der Waals surface area contributed by atoms with Gasteiger partial charge < -0.3 is 14.6 Å². The van der Waals surface area contributed by atoms with Gasteiger partial charge in [-0.15, -0.1) is 0 Å². The van der Waals surface area contributed by atoms with Crippen molar-refractivity contribution in [1.29, 1.82) is 0 Å². The number of nitrogens with one attached hydrogen (secondary N) is 1. The summed E-state index contributed by atoms with van der Waals surface area (Å²) in [4.78, 5) is 26.1. The Morgan fingerprint density at radius 3 is 2.56 bits per heavy atom. The highest BCUT2D eigenvalue weighted by atomic mass is 79.9. The lowest BCUT2D eigenvalue weighted by atomic mass is 10.0. The van der Waals surface area contributed by atoms with Crippen molar-refractivity contribution in [2.45, 2.75) is 18.9 Å². The van der Waals surface area contributed by atoms with E-state index in [0.29, 0.717) is 30.6 Å². The second-order valence-corrected chi connectivity index (χ2v) is 6.93. The number of carbonyl (C=O) groups excluding carboxylic acids is 2. The summed E-state index contributed by atoms with van der Waals surface area (Å²) in [6, 6.07) is 7.33. The van der Waals surface area contributed by atoms with Crippen LogP contribution in [0.1, 0.15) is 33.8 Å². The first-order chi connectivity index (χ1) is 12.0. The molecule has 25 heavy (non-hydrogen) atoms. The number of hydrogen-bond acceptors (Lipinski definition) is 3. The Labute approximate surface area is 157 Å². The van der Waals surface area contributed by atoms with Crippen LogP contribution >= 0.6 is 27.5 Å². The van der Waals surface area contributed by atoms with Crippen molar-refractivity contribution >= 4 is 39.3 Å². The molecule has 1 aromatic carbocycles. The van der Waals surface area contributed by atoms with Crippen LogP contribution in [0.5, 0.6) is 0 Å². The third-order valence-corrected chi connectivity index (χ3v) is 4.83. The maximum absolute atomic E-state index is 13.9. The lowest BCUT2D eigenvalue weighted by molar-refractivity contribution is 0.0691. The monoisotopic (exact) mass is 428 g/mol. The van der Waals surface area contributed by atoms with Crippen molar-refractivity contribution in [3.8, 4) is 0 Å². The Kier molecular flexibility index (Phi) is 5.44. The zero-order valence-corrected chi connectivity index (χ0v) is 15.4. The predicted molar refractivity (Wildman–Crippen MR) is 94.2 cm³/mol. The summed E-state index contributed by atoms with van der Waals surface area (Å²) in [5.74, 6) is -1.13. The largest absolute Gasteiger partial charge is 0.444 e. The van der Waals surface area contributed by atoms with Crippen LogP contribution in [0.15, 0.2) is 39.4 Å². The number of furan rings is 1. The number of benzene rings is 1. The Balaban J connectivity index is 1.58. The number of hydrogen-bond donors (Lipinski definition) is 1. The summed E-state index contributed by atoms with van der Waals surface area (Å²) in [5.41, 5.74) is -0.105. The third-order valence-electron chi connectivity index (χ3n) is 4.09. The average Bonchev–Trinajstić information content (AvgIpc) is 3.02. The Hall–Kier alpha value is -1.86. The van der Waals surface area contributed by atoms with Crippen LogP contribution in [0.4, 0.5) is 4.39 Å². The number of rotatable bonds is 3. The van der Waals surface area contributed by atoms with Crippen molar-refractivity contribution in [3.05, 3.63) is 57.2 Å². The summed E-state index contributed by atoms with van der Waals surface area (Å²) in [6.07, 6.45) is 1.15. The predicted octanol–water partition coefficient (Wildman–Crippen LogP) is 3.87. The van der Waals surface area contributed by atoms with E-state index in [0.717, 1.165) is 0 Å². The van der Waals surface area contributed by atoms with Crippen LogP contribution in [0.3, 0.4) is 0 Å². The zero-order valence-electron chi connectivity index (χ0n) is 13.1. The van der Waals surface area contributed by atoms with E-state index in [4.69, 9.17) is 16.0 Å². The van der Waals surface area contributed by atoms with Gasteiger partial charge >= 0.3 is 0 Å². The van der Waals surface area contributed by atoms with E-state index >= 15 is 0 Å².